The number of carbonyl (C=O) groups is 1. The number of methoxy groups -OCH3 is 1. The molecule has 0 rings (SSSR count). The van der Waals surface area contributed by atoms with Crippen LogP contribution in [-0.4, -0.2) is 45.0 Å². The van der Waals surface area contributed by atoms with Crippen molar-refractivity contribution in [2.45, 2.75) is 26.3 Å². The van der Waals surface area contributed by atoms with Gasteiger partial charge >= 0.3 is 5.97 Å². The van der Waals surface area contributed by atoms with E-state index in [0.717, 1.165) is 0 Å². The van der Waals surface area contributed by atoms with Crippen molar-refractivity contribution in [3.8, 4) is 0 Å². The van der Waals surface area contributed by atoms with Crippen molar-refractivity contribution in [1.29, 1.82) is 0 Å². The molecule has 2 N–H and O–H groups in total. The molecule has 0 aromatic heterocycles. The fourth-order valence-electron chi connectivity index (χ4n) is 1.12. The van der Waals surface area contributed by atoms with Gasteiger partial charge in [-0.25, -0.2) is 13.1 Å². The zero-order chi connectivity index (χ0) is 12.8. The van der Waals surface area contributed by atoms with E-state index in [4.69, 9.17) is 9.84 Å². The van der Waals surface area contributed by atoms with Crippen LogP contribution < -0.4 is 4.72 Å². The lowest BCUT2D eigenvalue weighted by Crippen LogP contribution is -2.45. The van der Waals surface area contributed by atoms with Gasteiger partial charge in [0.1, 0.15) is 6.04 Å². The molecule has 7 heteroatoms. The van der Waals surface area contributed by atoms with E-state index in [9.17, 15) is 13.2 Å². The number of nitrogens with one attached hydrogen (secondary N) is 1. The molecule has 16 heavy (non-hydrogen) atoms. The van der Waals surface area contributed by atoms with Crippen molar-refractivity contribution in [1.82, 2.24) is 4.72 Å². The Morgan fingerprint density at radius 3 is 2.38 bits per heavy atom. The first-order valence-electron chi connectivity index (χ1n) is 5.02. The second-order valence-electron chi connectivity index (χ2n) is 3.84. The Morgan fingerprint density at radius 2 is 2.00 bits per heavy atom. The monoisotopic (exact) mass is 253 g/mol. The van der Waals surface area contributed by atoms with Crippen LogP contribution in [0.5, 0.6) is 0 Å². The lowest BCUT2D eigenvalue weighted by Gasteiger charge is -2.17. The highest BCUT2D eigenvalue weighted by molar-refractivity contribution is 7.89. The number of carboxylic acids is 1. The van der Waals surface area contributed by atoms with Crippen molar-refractivity contribution in [3.63, 3.8) is 0 Å². The molecule has 0 radical (unpaired) electrons. The van der Waals surface area contributed by atoms with Gasteiger partial charge in [-0.15, -0.1) is 0 Å². The van der Waals surface area contributed by atoms with Gasteiger partial charge in [0, 0.05) is 13.7 Å². The molecule has 6 nitrogen and oxygen atoms in total. The molecule has 1 atom stereocenters. The van der Waals surface area contributed by atoms with Crippen LogP contribution >= 0.6 is 0 Å². The Kier molecular flexibility index (Phi) is 6.54. The summed E-state index contributed by atoms with van der Waals surface area (Å²) in [5.41, 5.74) is 0. The van der Waals surface area contributed by atoms with Gasteiger partial charge in [-0.3, -0.25) is 4.79 Å². The third kappa shape index (κ3) is 6.04. The molecule has 0 aromatic carbocycles. The Morgan fingerprint density at radius 1 is 1.44 bits per heavy atom. The number of sulfonamides is 1. The van der Waals surface area contributed by atoms with E-state index < -0.39 is 22.0 Å². The molecule has 0 heterocycles. The van der Waals surface area contributed by atoms with Gasteiger partial charge in [-0.2, -0.15) is 0 Å². The molecule has 0 bridgehead atoms. The van der Waals surface area contributed by atoms with Crippen LogP contribution in [0.2, 0.25) is 0 Å². The molecule has 0 aliphatic heterocycles. The van der Waals surface area contributed by atoms with Crippen molar-refractivity contribution in [2.24, 2.45) is 5.92 Å². The molecule has 0 fully saturated rings. The summed E-state index contributed by atoms with van der Waals surface area (Å²) in [6, 6.07) is -1.08. The van der Waals surface area contributed by atoms with Crippen molar-refractivity contribution in [3.05, 3.63) is 0 Å². The first-order valence-corrected chi connectivity index (χ1v) is 6.67. The van der Waals surface area contributed by atoms with Crippen LogP contribution in [0, 0.1) is 5.92 Å². The Bertz CT molecular complexity index is 312. The summed E-state index contributed by atoms with van der Waals surface area (Å²) in [5.74, 6) is -1.59. The summed E-state index contributed by atoms with van der Waals surface area (Å²) in [6.45, 7) is 3.63. The quantitative estimate of drug-likeness (QED) is 0.596. The number of hydrogen-bond acceptors (Lipinski definition) is 4. The fraction of sp³-hybridized carbons (Fsp3) is 0.889. The van der Waals surface area contributed by atoms with Crippen molar-refractivity contribution >= 4 is 16.0 Å². The highest BCUT2D eigenvalue weighted by Gasteiger charge is 2.26. The summed E-state index contributed by atoms with van der Waals surface area (Å²) in [6.07, 6.45) is 0.344. The van der Waals surface area contributed by atoms with E-state index in [1.165, 1.54) is 7.11 Å². The molecular weight excluding hydrogens is 234 g/mol. The van der Waals surface area contributed by atoms with Crippen LogP contribution in [0.3, 0.4) is 0 Å². The topological polar surface area (TPSA) is 92.7 Å². The third-order valence-corrected chi connectivity index (χ3v) is 3.44. The molecule has 0 unspecified atom stereocenters. The first kappa shape index (κ1) is 15.3. The predicted molar refractivity (Wildman–Crippen MR) is 59.7 cm³/mol. The van der Waals surface area contributed by atoms with Gasteiger partial charge < -0.3 is 9.84 Å². The summed E-state index contributed by atoms with van der Waals surface area (Å²) in [4.78, 5) is 10.8. The SMILES string of the molecule is COCCCS(=O)(=O)N[C@@H](C(=O)O)C(C)C. The average molecular weight is 253 g/mol. The normalized spacial score (nSPS) is 14.0. The van der Waals surface area contributed by atoms with Gasteiger partial charge in [0.25, 0.3) is 0 Å². The maximum atomic E-state index is 11.5. The molecule has 96 valence electrons. The standard InChI is InChI=1S/C9H19NO5S/c1-7(2)8(9(11)12)10-16(13,14)6-4-5-15-3/h7-8,10H,4-6H2,1-3H3,(H,11,12)/t8-/m1/s1. The fourth-order valence-corrected chi connectivity index (χ4v) is 2.49. The second-order valence-corrected chi connectivity index (χ2v) is 5.72. The molecule has 0 aromatic rings. The van der Waals surface area contributed by atoms with E-state index in [-0.39, 0.29) is 11.7 Å². The minimum absolute atomic E-state index is 0.128. The Hall–Kier alpha value is -0.660. The number of hydrogen-bond donors (Lipinski definition) is 2. The van der Waals surface area contributed by atoms with Crippen LogP contribution in [0.25, 0.3) is 0 Å². The van der Waals surface area contributed by atoms with Crippen LogP contribution in [0.4, 0.5) is 0 Å². The number of ether oxygens (including phenoxy) is 1. The van der Waals surface area contributed by atoms with E-state index in [1.54, 1.807) is 13.8 Å². The van der Waals surface area contributed by atoms with Crippen LogP contribution in [-0.2, 0) is 19.6 Å². The van der Waals surface area contributed by atoms with E-state index >= 15 is 0 Å². The summed E-state index contributed by atoms with van der Waals surface area (Å²) >= 11 is 0. The molecule has 0 saturated carbocycles. The Labute approximate surface area is 96.0 Å². The van der Waals surface area contributed by atoms with E-state index in [2.05, 4.69) is 4.72 Å². The highest BCUT2D eigenvalue weighted by Crippen LogP contribution is 2.04. The summed E-state index contributed by atoms with van der Waals surface area (Å²) < 4.78 is 29.9. The van der Waals surface area contributed by atoms with Crippen molar-refractivity contribution in [2.75, 3.05) is 19.5 Å². The van der Waals surface area contributed by atoms with Gasteiger partial charge in [-0.1, -0.05) is 13.8 Å². The highest BCUT2D eigenvalue weighted by atomic mass is 32.2. The maximum Gasteiger partial charge on any atom is 0.321 e. The minimum Gasteiger partial charge on any atom is -0.480 e. The van der Waals surface area contributed by atoms with Gasteiger partial charge in [0.05, 0.1) is 5.75 Å². The lowest BCUT2D eigenvalue weighted by atomic mass is 10.1. The zero-order valence-electron chi connectivity index (χ0n) is 9.76. The third-order valence-electron chi connectivity index (χ3n) is 2.00. The maximum absolute atomic E-state index is 11.5. The molecule has 0 aliphatic rings. The number of rotatable bonds is 8. The molecule has 0 spiro atoms. The molecular formula is C9H19NO5S. The molecule has 0 aliphatic carbocycles. The summed E-state index contributed by atoms with van der Waals surface area (Å²) in [7, 11) is -2.07. The van der Waals surface area contributed by atoms with Gasteiger partial charge in [0.2, 0.25) is 10.0 Å². The van der Waals surface area contributed by atoms with Gasteiger partial charge in [0.15, 0.2) is 0 Å². The van der Waals surface area contributed by atoms with E-state index in [0.29, 0.717) is 13.0 Å². The van der Waals surface area contributed by atoms with Crippen LogP contribution in [0.15, 0.2) is 0 Å². The average Bonchev–Trinajstić information content (AvgIpc) is 2.13. The lowest BCUT2D eigenvalue weighted by molar-refractivity contribution is -0.140. The molecule has 0 saturated heterocycles. The number of aliphatic carboxylic acids is 1. The molecule has 0 amide bonds. The largest absolute Gasteiger partial charge is 0.480 e. The van der Waals surface area contributed by atoms with E-state index in [1.807, 2.05) is 0 Å². The first-order chi connectivity index (χ1) is 7.30. The summed E-state index contributed by atoms with van der Waals surface area (Å²) in [5, 5.41) is 8.83. The smallest absolute Gasteiger partial charge is 0.321 e. The zero-order valence-corrected chi connectivity index (χ0v) is 10.6. The van der Waals surface area contributed by atoms with Crippen LogP contribution in [0.1, 0.15) is 20.3 Å². The number of carboxylic acid groups (broad SMARTS) is 1. The Balaban J connectivity index is 4.37. The van der Waals surface area contributed by atoms with Crippen molar-refractivity contribution < 1.29 is 23.1 Å². The second kappa shape index (κ2) is 6.82. The van der Waals surface area contributed by atoms with Gasteiger partial charge in [-0.05, 0) is 12.3 Å². The minimum atomic E-state index is -3.55. The predicted octanol–water partition coefficient (Wildman–Crippen LogP) is 0.0515.